The van der Waals surface area contributed by atoms with E-state index < -0.39 is 0 Å². The van der Waals surface area contributed by atoms with E-state index in [9.17, 15) is 0 Å². The third kappa shape index (κ3) is 2.77. The number of hydrogen-bond donors (Lipinski definition) is 2. The van der Waals surface area contributed by atoms with Crippen LogP contribution in [-0.2, 0) is 0 Å². The summed E-state index contributed by atoms with van der Waals surface area (Å²) in [6, 6.07) is 0.561. The quantitative estimate of drug-likeness (QED) is 0.701. The molecule has 12 heavy (non-hydrogen) atoms. The molecule has 0 aliphatic heterocycles. The molecule has 2 atom stereocenters. The molecule has 1 aliphatic carbocycles. The highest BCUT2D eigenvalue weighted by Gasteiger charge is 2.25. The zero-order valence-electron chi connectivity index (χ0n) is 7.35. The Hall–Kier alpha value is -0.0500. The molecule has 0 amide bonds. The highest BCUT2D eigenvalue weighted by molar-refractivity contribution is 6.29. The van der Waals surface area contributed by atoms with Gasteiger partial charge in [-0.2, -0.15) is 0 Å². The Kier molecular flexibility index (Phi) is 4.06. The van der Waals surface area contributed by atoms with Crippen molar-refractivity contribution in [3.05, 3.63) is 11.6 Å². The van der Waals surface area contributed by atoms with Crippen LogP contribution in [-0.4, -0.2) is 19.1 Å². The van der Waals surface area contributed by atoms with Gasteiger partial charge in [0.1, 0.15) is 0 Å². The summed E-state index contributed by atoms with van der Waals surface area (Å²) in [4.78, 5) is 0. The lowest BCUT2D eigenvalue weighted by atomic mass is 10.0. The molecule has 2 nitrogen and oxygen atoms in total. The molecule has 3 N–H and O–H groups in total. The first-order valence-electron chi connectivity index (χ1n) is 4.50. The van der Waals surface area contributed by atoms with Crippen LogP contribution in [0.5, 0.6) is 0 Å². The van der Waals surface area contributed by atoms with E-state index in [0.717, 1.165) is 6.54 Å². The normalized spacial score (nSPS) is 29.2. The molecule has 0 heterocycles. The first-order valence-corrected chi connectivity index (χ1v) is 4.88. The molecule has 1 fully saturated rings. The van der Waals surface area contributed by atoms with E-state index in [1.54, 1.807) is 0 Å². The van der Waals surface area contributed by atoms with E-state index in [0.29, 0.717) is 23.5 Å². The predicted octanol–water partition coefficient (Wildman–Crippen LogP) is 1.46. The minimum absolute atomic E-state index is 0.561. The molecule has 0 saturated heterocycles. The lowest BCUT2D eigenvalue weighted by Gasteiger charge is -2.18. The number of nitrogens with two attached hydrogens (primary N) is 1. The number of halogens is 1. The van der Waals surface area contributed by atoms with Gasteiger partial charge in [0.25, 0.3) is 0 Å². The fourth-order valence-electron chi connectivity index (χ4n) is 1.83. The minimum atomic E-state index is 0.561. The number of hydrogen-bond acceptors (Lipinski definition) is 2. The van der Waals surface area contributed by atoms with Crippen molar-refractivity contribution in [3.63, 3.8) is 0 Å². The lowest BCUT2D eigenvalue weighted by Crippen LogP contribution is -2.36. The average Bonchev–Trinajstić information content (AvgIpc) is 2.47. The standard InChI is InChI=1S/C9H17ClN2/c1-7(10)6-12-9-4-2-3-8(9)5-11/h8-9,12H,1-6,11H2. The highest BCUT2D eigenvalue weighted by atomic mass is 35.5. The first-order chi connectivity index (χ1) is 5.74. The van der Waals surface area contributed by atoms with Crippen molar-refractivity contribution in [1.82, 2.24) is 5.32 Å². The SMILES string of the molecule is C=C(Cl)CNC1CCCC1CN. The third-order valence-corrected chi connectivity index (χ3v) is 2.65. The number of nitrogens with one attached hydrogen (secondary N) is 1. The van der Waals surface area contributed by atoms with Gasteiger partial charge in [-0.15, -0.1) is 0 Å². The van der Waals surface area contributed by atoms with Gasteiger partial charge in [0.05, 0.1) is 0 Å². The van der Waals surface area contributed by atoms with Gasteiger partial charge in [0.15, 0.2) is 0 Å². The molecule has 3 heteroatoms. The van der Waals surface area contributed by atoms with Crippen LogP contribution in [0.2, 0.25) is 0 Å². The van der Waals surface area contributed by atoms with Crippen LogP contribution in [0.1, 0.15) is 19.3 Å². The second-order valence-corrected chi connectivity index (χ2v) is 3.97. The Bertz CT molecular complexity index is 159. The summed E-state index contributed by atoms with van der Waals surface area (Å²) in [7, 11) is 0. The van der Waals surface area contributed by atoms with E-state index in [1.165, 1.54) is 19.3 Å². The smallest absolute Gasteiger partial charge is 0.0310 e. The summed E-state index contributed by atoms with van der Waals surface area (Å²) >= 11 is 5.66. The second-order valence-electron chi connectivity index (χ2n) is 3.43. The topological polar surface area (TPSA) is 38.0 Å². The monoisotopic (exact) mass is 188 g/mol. The summed E-state index contributed by atoms with van der Waals surface area (Å²) in [6.45, 7) is 5.13. The third-order valence-electron chi connectivity index (χ3n) is 2.52. The van der Waals surface area contributed by atoms with Crippen molar-refractivity contribution in [3.8, 4) is 0 Å². The molecule has 70 valence electrons. The summed E-state index contributed by atoms with van der Waals surface area (Å²) in [5.74, 6) is 0.640. The second kappa shape index (κ2) is 4.85. The first kappa shape index (κ1) is 10.0. The molecular weight excluding hydrogens is 172 g/mol. The Morgan fingerprint density at radius 1 is 1.58 bits per heavy atom. The molecule has 0 radical (unpaired) electrons. The largest absolute Gasteiger partial charge is 0.330 e. The zero-order valence-corrected chi connectivity index (χ0v) is 8.11. The molecule has 1 saturated carbocycles. The number of rotatable bonds is 4. The summed E-state index contributed by atoms with van der Waals surface area (Å²) in [5.41, 5.74) is 5.64. The van der Waals surface area contributed by atoms with Crippen LogP contribution in [0.3, 0.4) is 0 Å². The van der Waals surface area contributed by atoms with Gasteiger partial charge in [-0.05, 0) is 25.3 Å². The van der Waals surface area contributed by atoms with Gasteiger partial charge >= 0.3 is 0 Å². The average molecular weight is 189 g/mol. The van der Waals surface area contributed by atoms with E-state index >= 15 is 0 Å². The Balaban J connectivity index is 2.26. The fourth-order valence-corrected chi connectivity index (χ4v) is 1.91. The van der Waals surface area contributed by atoms with Crippen LogP contribution in [0.15, 0.2) is 11.6 Å². The van der Waals surface area contributed by atoms with Crippen LogP contribution in [0, 0.1) is 5.92 Å². The van der Waals surface area contributed by atoms with Crippen molar-refractivity contribution < 1.29 is 0 Å². The zero-order chi connectivity index (χ0) is 8.97. The molecule has 0 bridgehead atoms. The van der Waals surface area contributed by atoms with E-state index in [1.807, 2.05) is 0 Å². The van der Waals surface area contributed by atoms with Gasteiger partial charge in [-0.3, -0.25) is 0 Å². The van der Waals surface area contributed by atoms with Crippen molar-refractivity contribution in [2.24, 2.45) is 11.7 Å². The Morgan fingerprint density at radius 2 is 2.33 bits per heavy atom. The maximum absolute atomic E-state index is 5.66. The fraction of sp³-hybridized carbons (Fsp3) is 0.778. The molecule has 0 spiro atoms. The van der Waals surface area contributed by atoms with Crippen LogP contribution >= 0.6 is 11.6 Å². The van der Waals surface area contributed by atoms with Gasteiger partial charge in [-0.25, -0.2) is 0 Å². The predicted molar refractivity (Wildman–Crippen MR) is 53.2 cm³/mol. The maximum atomic E-state index is 5.66. The highest BCUT2D eigenvalue weighted by Crippen LogP contribution is 2.24. The van der Waals surface area contributed by atoms with Crippen LogP contribution in [0.4, 0.5) is 0 Å². The lowest BCUT2D eigenvalue weighted by molar-refractivity contribution is 0.421. The van der Waals surface area contributed by atoms with Crippen LogP contribution in [0.25, 0.3) is 0 Å². The maximum Gasteiger partial charge on any atom is 0.0310 e. The van der Waals surface area contributed by atoms with Crippen molar-refractivity contribution >= 4 is 11.6 Å². The molecule has 1 aliphatic rings. The van der Waals surface area contributed by atoms with Crippen molar-refractivity contribution in [1.29, 1.82) is 0 Å². The molecule has 2 unspecified atom stereocenters. The molecule has 0 aromatic carbocycles. The Labute approximate surface area is 79.2 Å². The van der Waals surface area contributed by atoms with Crippen molar-refractivity contribution in [2.75, 3.05) is 13.1 Å². The molecule has 0 aromatic rings. The van der Waals surface area contributed by atoms with Crippen molar-refractivity contribution in [2.45, 2.75) is 25.3 Å². The summed E-state index contributed by atoms with van der Waals surface area (Å²) in [6.07, 6.45) is 3.77. The van der Waals surface area contributed by atoms with Crippen LogP contribution < -0.4 is 11.1 Å². The van der Waals surface area contributed by atoms with Gasteiger partial charge in [-0.1, -0.05) is 24.6 Å². The summed E-state index contributed by atoms with van der Waals surface area (Å²) in [5, 5.41) is 4.05. The van der Waals surface area contributed by atoms with E-state index in [4.69, 9.17) is 17.3 Å². The van der Waals surface area contributed by atoms with E-state index in [-0.39, 0.29) is 0 Å². The molecule has 1 rings (SSSR count). The molecule has 0 aromatic heterocycles. The summed E-state index contributed by atoms with van der Waals surface area (Å²) < 4.78 is 0. The van der Waals surface area contributed by atoms with E-state index in [2.05, 4.69) is 11.9 Å². The van der Waals surface area contributed by atoms with Gasteiger partial charge in [0, 0.05) is 17.6 Å². The molecular formula is C9H17ClN2. The minimum Gasteiger partial charge on any atom is -0.330 e. The van der Waals surface area contributed by atoms with Gasteiger partial charge in [0.2, 0.25) is 0 Å². The Morgan fingerprint density at radius 3 is 2.92 bits per heavy atom. The van der Waals surface area contributed by atoms with Gasteiger partial charge < -0.3 is 11.1 Å².